The molecule has 1 heterocycles. The van der Waals surface area contributed by atoms with E-state index < -0.39 is 0 Å². The molecule has 2 rings (SSSR count). The number of hydrogen-bond donors (Lipinski definition) is 0. The van der Waals surface area contributed by atoms with E-state index >= 15 is 0 Å². The summed E-state index contributed by atoms with van der Waals surface area (Å²) in [5.74, 6) is 0.524. The number of alkyl halides is 1. The minimum Gasteiger partial charge on any atom is -0.238 e. The second kappa shape index (κ2) is 4.49. The molecule has 0 aliphatic rings. The lowest BCUT2D eigenvalue weighted by Crippen LogP contribution is -2.01. The molecule has 2 nitrogen and oxygen atoms in total. The van der Waals surface area contributed by atoms with Gasteiger partial charge in [-0.1, -0.05) is 25.1 Å². The van der Waals surface area contributed by atoms with Crippen LogP contribution in [0, 0.1) is 0 Å². The first kappa shape index (κ1) is 10.2. The number of benzene rings is 1. The number of halogens is 1. The highest BCUT2D eigenvalue weighted by molar-refractivity contribution is 6.17. The van der Waals surface area contributed by atoms with Gasteiger partial charge >= 0.3 is 0 Å². The van der Waals surface area contributed by atoms with Gasteiger partial charge in [-0.2, -0.15) is 5.10 Å². The first-order valence-electron chi connectivity index (χ1n) is 5.04. The van der Waals surface area contributed by atoms with E-state index in [2.05, 4.69) is 12.0 Å². The SMILES string of the molecule is CCc1c(CCl)cnn1-c1ccccc1. The lowest BCUT2D eigenvalue weighted by atomic mass is 10.2. The second-order valence-electron chi connectivity index (χ2n) is 3.35. The Morgan fingerprint density at radius 1 is 1.27 bits per heavy atom. The molecule has 1 aromatic heterocycles. The Balaban J connectivity index is 2.49. The summed E-state index contributed by atoms with van der Waals surface area (Å²) in [5.41, 5.74) is 3.39. The van der Waals surface area contributed by atoms with E-state index in [0.717, 1.165) is 17.7 Å². The lowest BCUT2D eigenvalue weighted by Gasteiger charge is -2.06. The van der Waals surface area contributed by atoms with Crippen LogP contribution in [0.4, 0.5) is 0 Å². The largest absolute Gasteiger partial charge is 0.238 e. The fraction of sp³-hybridized carbons (Fsp3) is 0.250. The van der Waals surface area contributed by atoms with Crippen molar-refractivity contribution in [1.29, 1.82) is 0 Å². The number of aromatic nitrogens is 2. The summed E-state index contributed by atoms with van der Waals surface area (Å²) in [6, 6.07) is 10.1. The zero-order valence-electron chi connectivity index (χ0n) is 8.65. The third-order valence-electron chi connectivity index (χ3n) is 2.44. The van der Waals surface area contributed by atoms with Crippen molar-refractivity contribution in [2.75, 3.05) is 0 Å². The Bertz CT molecular complexity index is 434. The summed E-state index contributed by atoms with van der Waals surface area (Å²) in [4.78, 5) is 0. The molecule has 0 N–H and O–H groups in total. The molecular weight excluding hydrogens is 208 g/mol. The van der Waals surface area contributed by atoms with Gasteiger partial charge in [-0.25, -0.2) is 4.68 Å². The molecule has 0 fully saturated rings. The van der Waals surface area contributed by atoms with Crippen molar-refractivity contribution in [3.63, 3.8) is 0 Å². The van der Waals surface area contributed by atoms with Crippen molar-refractivity contribution in [3.8, 4) is 5.69 Å². The maximum absolute atomic E-state index is 5.86. The molecule has 3 heteroatoms. The van der Waals surface area contributed by atoms with E-state index in [4.69, 9.17) is 11.6 Å². The molecule has 15 heavy (non-hydrogen) atoms. The number of nitrogens with zero attached hydrogens (tertiary/aromatic N) is 2. The van der Waals surface area contributed by atoms with E-state index in [0.29, 0.717) is 5.88 Å². The van der Waals surface area contributed by atoms with Gasteiger partial charge in [0.25, 0.3) is 0 Å². The maximum atomic E-state index is 5.86. The van der Waals surface area contributed by atoms with Crippen molar-refractivity contribution in [1.82, 2.24) is 9.78 Å². The van der Waals surface area contributed by atoms with E-state index in [-0.39, 0.29) is 0 Å². The molecule has 0 spiro atoms. The highest BCUT2D eigenvalue weighted by Gasteiger charge is 2.08. The Hall–Kier alpha value is -1.28. The Labute approximate surface area is 94.5 Å². The minimum absolute atomic E-state index is 0.524. The van der Waals surface area contributed by atoms with Crippen LogP contribution in [0.15, 0.2) is 36.5 Å². The molecule has 0 radical (unpaired) electrons. The molecule has 1 aromatic carbocycles. The lowest BCUT2D eigenvalue weighted by molar-refractivity contribution is 0.811. The third-order valence-corrected chi connectivity index (χ3v) is 2.72. The topological polar surface area (TPSA) is 17.8 Å². The van der Waals surface area contributed by atoms with E-state index in [9.17, 15) is 0 Å². The van der Waals surface area contributed by atoms with Crippen molar-refractivity contribution in [3.05, 3.63) is 47.8 Å². The fourth-order valence-corrected chi connectivity index (χ4v) is 1.91. The minimum atomic E-state index is 0.524. The van der Waals surface area contributed by atoms with Gasteiger partial charge in [-0.05, 0) is 18.6 Å². The van der Waals surface area contributed by atoms with Gasteiger partial charge in [-0.3, -0.25) is 0 Å². The van der Waals surface area contributed by atoms with E-state index in [1.807, 2.05) is 41.2 Å². The fourth-order valence-electron chi connectivity index (χ4n) is 1.69. The van der Waals surface area contributed by atoms with Gasteiger partial charge in [0.05, 0.1) is 17.8 Å². The van der Waals surface area contributed by atoms with Gasteiger partial charge in [0, 0.05) is 11.3 Å². The molecule has 0 aliphatic heterocycles. The molecule has 78 valence electrons. The van der Waals surface area contributed by atoms with Gasteiger partial charge in [0.15, 0.2) is 0 Å². The summed E-state index contributed by atoms with van der Waals surface area (Å²) < 4.78 is 1.96. The van der Waals surface area contributed by atoms with Crippen LogP contribution in [0.3, 0.4) is 0 Å². The van der Waals surface area contributed by atoms with E-state index in [1.165, 1.54) is 5.69 Å². The second-order valence-corrected chi connectivity index (χ2v) is 3.62. The van der Waals surface area contributed by atoms with Crippen LogP contribution in [0.5, 0.6) is 0 Å². The molecule has 0 saturated carbocycles. The highest BCUT2D eigenvalue weighted by atomic mass is 35.5. The maximum Gasteiger partial charge on any atom is 0.0648 e. The summed E-state index contributed by atoms with van der Waals surface area (Å²) in [6.45, 7) is 2.12. The Morgan fingerprint density at radius 3 is 2.60 bits per heavy atom. The van der Waals surface area contributed by atoms with Crippen LogP contribution < -0.4 is 0 Å². The molecule has 0 bridgehead atoms. The zero-order valence-corrected chi connectivity index (χ0v) is 9.41. The first-order chi connectivity index (χ1) is 7.36. The van der Waals surface area contributed by atoms with Gasteiger partial charge in [0.2, 0.25) is 0 Å². The van der Waals surface area contributed by atoms with Crippen LogP contribution >= 0.6 is 11.6 Å². The van der Waals surface area contributed by atoms with Crippen LogP contribution in [-0.4, -0.2) is 9.78 Å². The number of para-hydroxylation sites is 1. The third kappa shape index (κ3) is 1.90. The molecule has 0 amide bonds. The van der Waals surface area contributed by atoms with E-state index in [1.54, 1.807) is 0 Å². The average molecular weight is 221 g/mol. The van der Waals surface area contributed by atoms with Crippen LogP contribution in [0.1, 0.15) is 18.2 Å². The summed E-state index contributed by atoms with van der Waals surface area (Å²) in [7, 11) is 0. The van der Waals surface area contributed by atoms with Crippen molar-refractivity contribution >= 4 is 11.6 Å². The van der Waals surface area contributed by atoms with Crippen LogP contribution in [0.2, 0.25) is 0 Å². The molecule has 0 saturated heterocycles. The molecular formula is C12H13ClN2. The Kier molecular flexibility index (Phi) is 3.07. The molecule has 0 atom stereocenters. The predicted molar refractivity (Wildman–Crippen MR) is 62.5 cm³/mol. The standard InChI is InChI=1S/C12H13ClN2/c1-2-12-10(8-13)9-14-15(12)11-6-4-3-5-7-11/h3-7,9H,2,8H2,1H3. The summed E-state index contributed by atoms with van der Waals surface area (Å²) in [5, 5.41) is 4.36. The van der Waals surface area contributed by atoms with Crippen LogP contribution in [0.25, 0.3) is 5.69 Å². The predicted octanol–water partition coefficient (Wildman–Crippen LogP) is 3.17. The van der Waals surface area contributed by atoms with Gasteiger partial charge in [0.1, 0.15) is 0 Å². The first-order valence-corrected chi connectivity index (χ1v) is 5.57. The highest BCUT2D eigenvalue weighted by Crippen LogP contribution is 2.16. The Morgan fingerprint density at radius 2 is 2.00 bits per heavy atom. The number of hydrogen-bond acceptors (Lipinski definition) is 1. The smallest absolute Gasteiger partial charge is 0.0648 e. The molecule has 2 aromatic rings. The quantitative estimate of drug-likeness (QED) is 0.727. The van der Waals surface area contributed by atoms with Crippen molar-refractivity contribution in [2.45, 2.75) is 19.2 Å². The average Bonchev–Trinajstić information content (AvgIpc) is 2.72. The van der Waals surface area contributed by atoms with Crippen molar-refractivity contribution < 1.29 is 0 Å². The van der Waals surface area contributed by atoms with Gasteiger partial charge < -0.3 is 0 Å². The summed E-state index contributed by atoms with van der Waals surface area (Å²) in [6.07, 6.45) is 2.79. The van der Waals surface area contributed by atoms with Gasteiger partial charge in [-0.15, -0.1) is 11.6 Å². The number of rotatable bonds is 3. The monoisotopic (exact) mass is 220 g/mol. The normalized spacial score (nSPS) is 10.5. The zero-order chi connectivity index (χ0) is 10.7. The van der Waals surface area contributed by atoms with Crippen LogP contribution in [-0.2, 0) is 12.3 Å². The summed E-state index contributed by atoms with van der Waals surface area (Å²) >= 11 is 5.86. The van der Waals surface area contributed by atoms with Crippen molar-refractivity contribution in [2.24, 2.45) is 0 Å². The molecule has 0 aliphatic carbocycles. The molecule has 0 unspecified atom stereocenters.